The molecular weight excluding hydrogens is 398 g/mol. The van der Waals surface area contributed by atoms with Gasteiger partial charge in [-0.05, 0) is 30.3 Å². The van der Waals surface area contributed by atoms with Crippen molar-refractivity contribution < 1.29 is 32.7 Å². The lowest BCUT2D eigenvalue weighted by atomic mass is 9.97. The first-order chi connectivity index (χ1) is 14.3. The number of esters is 1. The summed E-state index contributed by atoms with van der Waals surface area (Å²) in [5.41, 5.74) is -1.31. The Bertz CT molecular complexity index is 1100. The molecule has 2 aromatic carbocycles. The molecule has 0 radical (unpaired) electrons. The topological polar surface area (TPSA) is 84.0 Å². The van der Waals surface area contributed by atoms with E-state index < -0.39 is 41.6 Å². The van der Waals surface area contributed by atoms with Gasteiger partial charge in [0.15, 0.2) is 24.0 Å². The number of ketones is 1. The number of benzene rings is 2. The molecule has 4 rings (SSSR count). The zero-order valence-electron chi connectivity index (χ0n) is 15.9. The molecule has 2 aliphatic rings. The van der Waals surface area contributed by atoms with Gasteiger partial charge in [0, 0.05) is 25.5 Å². The number of Topliss-reactive ketones (excluding diaryl/α,β-unsaturated/α-hetero) is 1. The van der Waals surface area contributed by atoms with Crippen LogP contribution < -0.4 is 4.90 Å². The lowest BCUT2D eigenvalue weighted by molar-refractivity contribution is -0.155. The molecule has 1 saturated heterocycles. The lowest BCUT2D eigenvalue weighted by Gasteiger charge is -2.46. The molecule has 7 nitrogen and oxygen atoms in total. The van der Waals surface area contributed by atoms with Crippen LogP contribution in [0.25, 0.3) is 0 Å². The first-order valence-electron chi connectivity index (χ1n) is 9.13. The Kier molecular flexibility index (Phi) is 4.60. The van der Waals surface area contributed by atoms with Crippen LogP contribution in [0.15, 0.2) is 42.5 Å². The van der Waals surface area contributed by atoms with Crippen LogP contribution in [-0.2, 0) is 14.3 Å². The second-order valence-corrected chi connectivity index (χ2v) is 7.06. The zero-order valence-corrected chi connectivity index (χ0v) is 15.9. The van der Waals surface area contributed by atoms with Gasteiger partial charge in [-0.15, -0.1) is 0 Å². The molecule has 0 unspecified atom stereocenters. The molecule has 154 valence electrons. The van der Waals surface area contributed by atoms with Crippen molar-refractivity contribution in [1.82, 2.24) is 4.90 Å². The smallest absolute Gasteiger partial charge is 0.354 e. The maximum absolute atomic E-state index is 13.4. The van der Waals surface area contributed by atoms with E-state index in [9.17, 15) is 28.0 Å². The van der Waals surface area contributed by atoms with E-state index >= 15 is 0 Å². The number of para-hydroxylation sites is 1. The quantitative estimate of drug-likeness (QED) is 0.566. The van der Waals surface area contributed by atoms with E-state index in [4.69, 9.17) is 4.74 Å². The monoisotopic (exact) mass is 414 g/mol. The molecule has 0 saturated carbocycles. The molecule has 1 atom stereocenters. The van der Waals surface area contributed by atoms with Crippen molar-refractivity contribution in [3.05, 3.63) is 65.2 Å². The highest BCUT2D eigenvalue weighted by Gasteiger charge is 2.60. The Hall–Kier alpha value is -3.62. The van der Waals surface area contributed by atoms with Gasteiger partial charge in [-0.25, -0.2) is 13.6 Å². The maximum atomic E-state index is 13.4. The fourth-order valence-corrected chi connectivity index (χ4v) is 3.89. The number of anilines is 1. The summed E-state index contributed by atoms with van der Waals surface area (Å²) in [6.45, 7) is -0.753. The van der Waals surface area contributed by atoms with Crippen molar-refractivity contribution in [2.45, 2.75) is 18.5 Å². The molecule has 9 heteroatoms. The number of rotatable bonds is 4. The maximum Gasteiger partial charge on any atom is 0.354 e. The molecule has 0 spiro atoms. The van der Waals surface area contributed by atoms with Crippen molar-refractivity contribution in [1.29, 1.82) is 0 Å². The molecule has 0 aromatic heterocycles. The number of fused-ring (bicyclic) bond motifs is 3. The van der Waals surface area contributed by atoms with E-state index in [1.807, 2.05) is 0 Å². The number of hydrogen-bond donors (Lipinski definition) is 0. The van der Waals surface area contributed by atoms with E-state index in [2.05, 4.69) is 0 Å². The van der Waals surface area contributed by atoms with Gasteiger partial charge in [0.05, 0.1) is 11.3 Å². The van der Waals surface area contributed by atoms with Crippen molar-refractivity contribution in [2.75, 3.05) is 18.6 Å². The minimum Gasteiger partial charge on any atom is -0.454 e. The van der Waals surface area contributed by atoms with Crippen LogP contribution in [0, 0.1) is 11.6 Å². The van der Waals surface area contributed by atoms with Crippen LogP contribution in [0.1, 0.15) is 33.6 Å². The van der Waals surface area contributed by atoms with Crippen molar-refractivity contribution in [3.8, 4) is 0 Å². The fraction of sp³-hybridized carbons (Fsp3) is 0.238. The third-order valence-corrected chi connectivity index (χ3v) is 5.44. The van der Waals surface area contributed by atoms with E-state index in [0.29, 0.717) is 11.8 Å². The summed E-state index contributed by atoms with van der Waals surface area (Å²) in [7, 11) is 1.39. The highest BCUT2D eigenvalue weighted by Crippen LogP contribution is 2.44. The van der Waals surface area contributed by atoms with Crippen LogP contribution in [0.3, 0.4) is 0 Å². The normalized spacial score (nSPS) is 20.1. The minimum absolute atomic E-state index is 0.000603. The summed E-state index contributed by atoms with van der Waals surface area (Å²) >= 11 is 0. The molecule has 0 bridgehead atoms. The zero-order chi connectivity index (χ0) is 21.6. The van der Waals surface area contributed by atoms with Gasteiger partial charge in [0.2, 0.25) is 11.6 Å². The molecule has 2 aliphatic heterocycles. The number of ether oxygens (including phenoxy) is 1. The third kappa shape index (κ3) is 2.77. The molecule has 0 aliphatic carbocycles. The van der Waals surface area contributed by atoms with Crippen molar-refractivity contribution >= 4 is 29.3 Å². The number of carbonyl (C=O) groups is 4. The van der Waals surface area contributed by atoms with E-state index in [-0.39, 0.29) is 29.9 Å². The highest BCUT2D eigenvalue weighted by atomic mass is 19.2. The SMILES string of the molecule is CN1C(=O)c2ccccc2N2C(=O)CC[C@]12C(=O)OCC(=O)c1ccc(F)c(F)c1. The predicted octanol–water partition coefficient (Wildman–Crippen LogP) is 2.30. The Balaban J connectivity index is 1.62. The second-order valence-electron chi connectivity index (χ2n) is 7.06. The predicted molar refractivity (Wildman–Crippen MR) is 99.6 cm³/mol. The number of halogens is 2. The summed E-state index contributed by atoms with van der Waals surface area (Å²) in [5.74, 6) is -4.82. The second kappa shape index (κ2) is 7.01. The van der Waals surface area contributed by atoms with Gasteiger partial charge in [0.1, 0.15) is 0 Å². The van der Waals surface area contributed by atoms with Crippen LogP contribution in [-0.4, -0.2) is 47.8 Å². The molecule has 30 heavy (non-hydrogen) atoms. The summed E-state index contributed by atoms with van der Waals surface area (Å²) in [5, 5.41) is 0. The summed E-state index contributed by atoms with van der Waals surface area (Å²) < 4.78 is 31.6. The number of amides is 2. The Labute approximate surface area is 169 Å². The first-order valence-corrected chi connectivity index (χ1v) is 9.13. The Morgan fingerprint density at radius 1 is 1.10 bits per heavy atom. The van der Waals surface area contributed by atoms with Crippen molar-refractivity contribution in [3.63, 3.8) is 0 Å². The van der Waals surface area contributed by atoms with Gasteiger partial charge in [-0.1, -0.05) is 12.1 Å². The average molecular weight is 414 g/mol. The van der Waals surface area contributed by atoms with Crippen molar-refractivity contribution in [2.24, 2.45) is 0 Å². The van der Waals surface area contributed by atoms with Gasteiger partial charge < -0.3 is 9.64 Å². The third-order valence-electron chi connectivity index (χ3n) is 5.44. The van der Waals surface area contributed by atoms with Gasteiger partial charge >= 0.3 is 5.97 Å². The minimum atomic E-state index is -1.71. The van der Waals surface area contributed by atoms with Gasteiger partial charge in [-0.2, -0.15) is 0 Å². The molecule has 0 N–H and O–H groups in total. The van der Waals surface area contributed by atoms with E-state index in [1.54, 1.807) is 24.3 Å². The van der Waals surface area contributed by atoms with Crippen LogP contribution in [0.5, 0.6) is 0 Å². The van der Waals surface area contributed by atoms with Gasteiger partial charge in [-0.3, -0.25) is 19.3 Å². The Morgan fingerprint density at radius 3 is 2.57 bits per heavy atom. The van der Waals surface area contributed by atoms with E-state index in [1.165, 1.54) is 11.9 Å². The van der Waals surface area contributed by atoms with Crippen LogP contribution in [0.4, 0.5) is 14.5 Å². The lowest BCUT2D eigenvalue weighted by Crippen LogP contribution is -2.67. The van der Waals surface area contributed by atoms with Gasteiger partial charge in [0.25, 0.3) is 5.91 Å². The van der Waals surface area contributed by atoms with E-state index in [0.717, 1.165) is 17.0 Å². The largest absolute Gasteiger partial charge is 0.454 e. The molecule has 2 aromatic rings. The number of carbonyl (C=O) groups excluding carboxylic acids is 4. The molecule has 2 heterocycles. The Morgan fingerprint density at radius 2 is 1.83 bits per heavy atom. The summed E-state index contributed by atoms with van der Waals surface area (Å²) in [6, 6.07) is 9.00. The summed E-state index contributed by atoms with van der Waals surface area (Å²) in [6.07, 6.45) is 0.0127. The highest BCUT2D eigenvalue weighted by molar-refractivity contribution is 6.15. The number of hydrogen-bond acceptors (Lipinski definition) is 5. The number of likely N-dealkylation sites (N-methyl/N-ethyl adjacent to an activating group) is 1. The standard InChI is InChI=1S/C21H16F2N2O5/c1-24-19(28)13-4-2-3-5-16(13)25-18(27)8-9-21(24,25)20(29)30-11-17(26)12-6-7-14(22)15(23)10-12/h2-7,10H,8-9,11H2,1H3/t21-/m0/s1. The fourth-order valence-electron chi connectivity index (χ4n) is 3.89. The molecular formula is C21H16F2N2O5. The first kappa shape index (κ1) is 19.7. The average Bonchev–Trinajstić information content (AvgIpc) is 3.10. The summed E-state index contributed by atoms with van der Waals surface area (Å²) in [4.78, 5) is 53.2. The molecule has 2 amide bonds. The molecule has 1 fully saturated rings. The number of nitrogens with zero attached hydrogens (tertiary/aromatic N) is 2. The van der Waals surface area contributed by atoms with Crippen LogP contribution in [0.2, 0.25) is 0 Å². The van der Waals surface area contributed by atoms with Crippen LogP contribution >= 0.6 is 0 Å².